The van der Waals surface area contributed by atoms with Gasteiger partial charge in [-0.05, 0) is 51.8 Å². The Hall–Kier alpha value is -1.58. The lowest BCUT2D eigenvalue weighted by molar-refractivity contribution is -0.123. The molecule has 0 aromatic heterocycles. The van der Waals surface area contributed by atoms with Crippen molar-refractivity contribution in [1.29, 1.82) is 0 Å². The van der Waals surface area contributed by atoms with Crippen molar-refractivity contribution in [3.05, 3.63) is 29.6 Å². The van der Waals surface area contributed by atoms with Crippen molar-refractivity contribution in [3.8, 4) is 0 Å². The number of hydrogen-bond donors (Lipinski definition) is 2. The highest BCUT2D eigenvalue weighted by Gasteiger charge is 2.21. The summed E-state index contributed by atoms with van der Waals surface area (Å²) < 4.78 is 13.2. The van der Waals surface area contributed by atoms with Gasteiger partial charge in [0.1, 0.15) is 11.9 Å². The lowest BCUT2D eigenvalue weighted by atomic mass is 10.0. The second-order valence-electron chi connectivity index (χ2n) is 5.55. The van der Waals surface area contributed by atoms with E-state index in [9.17, 15) is 9.18 Å². The minimum atomic E-state index is -0.411. The molecule has 0 radical (unpaired) electrons. The quantitative estimate of drug-likeness (QED) is 0.859. The Kier molecular flexibility index (Phi) is 4.92. The van der Waals surface area contributed by atoms with Gasteiger partial charge in [-0.25, -0.2) is 4.39 Å². The van der Waals surface area contributed by atoms with E-state index in [0.29, 0.717) is 5.69 Å². The summed E-state index contributed by atoms with van der Waals surface area (Å²) in [4.78, 5) is 12.1. The summed E-state index contributed by atoms with van der Waals surface area (Å²) in [5.74, 6) is -0.398. The van der Waals surface area contributed by atoms with Crippen LogP contribution in [-0.4, -0.2) is 17.5 Å². The molecule has 4 heteroatoms. The van der Waals surface area contributed by atoms with Crippen molar-refractivity contribution in [1.82, 2.24) is 5.32 Å². The second-order valence-corrected chi connectivity index (χ2v) is 5.55. The lowest BCUT2D eigenvalue weighted by Gasteiger charge is -2.27. The number of rotatable bonds is 5. The van der Waals surface area contributed by atoms with Crippen LogP contribution in [0.3, 0.4) is 0 Å². The topological polar surface area (TPSA) is 41.1 Å². The Balaban J connectivity index is 2.71. The fourth-order valence-corrected chi connectivity index (χ4v) is 1.58. The zero-order valence-corrected chi connectivity index (χ0v) is 12.3. The molecule has 0 aliphatic heterocycles. The van der Waals surface area contributed by atoms with Gasteiger partial charge in [-0.15, -0.1) is 0 Å². The summed E-state index contributed by atoms with van der Waals surface area (Å²) in [6.07, 6.45) is 0.852. The van der Waals surface area contributed by atoms with Gasteiger partial charge in [0.15, 0.2) is 0 Å². The van der Waals surface area contributed by atoms with Crippen LogP contribution in [0.4, 0.5) is 10.1 Å². The van der Waals surface area contributed by atoms with Crippen LogP contribution in [0.15, 0.2) is 18.2 Å². The molecular weight excluding hydrogens is 243 g/mol. The number of carbonyl (C=O) groups is 1. The van der Waals surface area contributed by atoms with Crippen LogP contribution < -0.4 is 10.6 Å². The Morgan fingerprint density at radius 1 is 1.42 bits per heavy atom. The molecule has 1 atom stereocenters. The molecular formula is C15H23FN2O. The van der Waals surface area contributed by atoms with Gasteiger partial charge in [0.05, 0.1) is 0 Å². The predicted molar refractivity (Wildman–Crippen MR) is 76.7 cm³/mol. The third-order valence-electron chi connectivity index (χ3n) is 3.31. The molecule has 0 saturated carbocycles. The molecule has 1 rings (SSSR count). The molecule has 0 fully saturated rings. The largest absolute Gasteiger partial charge is 0.374 e. The number of nitrogens with one attached hydrogen (secondary N) is 2. The van der Waals surface area contributed by atoms with Gasteiger partial charge in [-0.3, -0.25) is 4.79 Å². The van der Waals surface area contributed by atoms with E-state index in [1.54, 1.807) is 13.0 Å². The van der Waals surface area contributed by atoms with Crippen LogP contribution in [0, 0.1) is 12.7 Å². The monoisotopic (exact) mass is 266 g/mol. The van der Waals surface area contributed by atoms with Crippen LogP contribution in [0.25, 0.3) is 0 Å². The highest BCUT2D eigenvalue weighted by Crippen LogP contribution is 2.17. The van der Waals surface area contributed by atoms with Crippen LogP contribution in [0.2, 0.25) is 0 Å². The first-order chi connectivity index (χ1) is 8.75. The molecule has 0 heterocycles. The number of hydrogen-bond acceptors (Lipinski definition) is 2. The van der Waals surface area contributed by atoms with Gasteiger partial charge < -0.3 is 10.6 Å². The minimum absolute atomic E-state index is 0.0875. The molecule has 0 spiro atoms. The first-order valence-electron chi connectivity index (χ1n) is 6.60. The average Bonchev–Trinajstić information content (AvgIpc) is 2.33. The molecule has 0 bridgehead atoms. The summed E-state index contributed by atoms with van der Waals surface area (Å²) in [7, 11) is 0. The third kappa shape index (κ3) is 4.54. The maximum Gasteiger partial charge on any atom is 0.242 e. The first-order valence-corrected chi connectivity index (χ1v) is 6.60. The Morgan fingerprint density at radius 2 is 2.05 bits per heavy atom. The molecule has 0 aliphatic rings. The fourth-order valence-electron chi connectivity index (χ4n) is 1.58. The Labute approximate surface area is 114 Å². The fraction of sp³-hybridized carbons (Fsp3) is 0.533. The van der Waals surface area contributed by atoms with Gasteiger partial charge in [0, 0.05) is 11.2 Å². The number of amides is 1. The van der Waals surface area contributed by atoms with Crippen molar-refractivity contribution in [2.75, 3.05) is 5.32 Å². The maximum atomic E-state index is 13.2. The van der Waals surface area contributed by atoms with E-state index in [4.69, 9.17) is 0 Å². The zero-order valence-electron chi connectivity index (χ0n) is 12.3. The second kappa shape index (κ2) is 6.04. The lowest BCUT2D eigenvalue weighted by Crippen LogP contribution is -2.48. The third-order valence-corrected chi connectivity index (χ3v) is 3.31. The summed E-state index contributed by atoms with van der Waals surface area (Å²) >= 11 is 0. The summed E-state index contributed by atoms with van der Waals surface area (Å²) in [6, 6.07) is 4.10. The molecule has 3 nitrogen and oxygen atoms in total. The maximum absolute atomic E-state index is 13.2. The van der Waals surface area contributed by atoms with Crippen molar-refractivity contribution in [3.63, 3.8) is 0 Å². The van der Waals surface area contributed by atoms with Gasteiger partial charge in [-0.2, -0.15) is 0 Å². The molecule has 0 saturated heterocycles. The molecule has 1 amide bonds. The molecule has 1 aromatic rings. The first kappa shape index (κ1) is 15.5. The number of benzene rings is 1. The van der Waals surface area contributed by atoms with E-state index < -0.39 is 6.04 Å². The Bertz CT molecular complexity index is 457. The smallest absolute Gasteiger partial charge is 0.242 e. The van der Waals surface area contributed by atoms with Crippen molar-refractivity contribution < 1.29 is 9.18 Å². The highest BCUT2D eigenvalue weighted by molar-refractivity contribution is 5.85. The number of aryl methyl sites for hydroxylation is 1. The normalized spacial score (nSPS) is 12.9. The number of carbonyl (C=O) groups excluding carboxylic acids is 1. The van der Waals surface area contributed by atoms with Gasteiger partial charge in [0.2, 0.25) is 5.91 Å². The minimum Gasteiger partial charge on any atom is -0.374 e. The summed E-state index contributed by atoms with van der Waals surface area (Å²) in [6.45, 7) is 9.62. The standard InChI is InChI=1S/C15H23FN2O/c1-6-15(4,5)18-14(19)11(3)17-13-9-12(16)8-7-10(13)2/h7-9,11,17H,6H2,1-5H3,(H,18,19). The van der Waals surface area contributed by atoms with E-state index in [1.807, 2.05) is 27.7 Å². The molecule has 1 unspecified atom stereocenters. The SMILES string of the molecule is CCC(C)(C)NC(=O)C(C)Nc1cc(F)ccc1C. The molecule has 2 N–H and O–H groups in total. The summed E-state index contributed by atoms with van der Waals surface area (Å²) in [5, 5.41) is 6.01. The van der Waals surface area contributed by atoms with Crippen molar-refractivity contribution >= 4 is 11.6 Å². The van der Waals surface area contributed by atoms with Crippen LogP contribution in [0.5, 0.6) is 0 Å². The molecule has 0 aliphatic carbocycles. The molecule has 1 aromatic carbocycles. The van der Waals surface area contributed by atoms with Crippen LogP contribution >= 0.6 is 0 Å². The molecule has 19 heavy (non-hydrogen) atoms. The van der Waals surface area contributed by atoms with Gasteiger partial charge in [0.25, 0.3) is 0 Å². The van der Waals surface area contributed by atoms with Crippen molar-refractivity contribution in [2.24, 2.45) is 0 Å². The highest BCUT2D eigenvalue weighted by atomic mass is 19.1. The van der Waals surface area contributed by atoms with Crippen LogP contribution in [0.1, 0.15) is 39.7 Å². The van der Waals surface area contributed by atoms with E-state index >= 15 is 0 Å². The van der Waals surface area contributed by atoms with E-state index in [2.05, 4.69) is 10.6 Å². The number of anilines is 1. The Morgan fingerprint density at radius 3 is 2.63 bits per heavy atom. The summed E-state index contributed by atoms with van der Waals surface area (Å²) in [5.41, 5.74) is 1.33. The van der Waals surface area contributed by atoms with E-state index in [1.165, 1.54) is 12.1 Å². The average molecular weight is 266 g/mol. The van der Waals surface area contributed by atoms with Crippen molar-refractivity contribution in [2.45, 2.75) is 52.6 Å². The van der Waals surface area contributed by atoms with E-state index in [0.717, 1.165) is 12.0 Å². The van der Waals surface area contributed by atoms with E-state index in [-0.39, 0.29) is 17.3 Å². The van der Waals surface area contributed by atoms with Gasteiger partial charge in [-0.1, -0.05) is 13.0 Å². The predicted octanol–water partition coefficient (Wildman–Crippen LogP) is 3.24. The molecule has 106 valence electrons. The number of halogens is 1. The van der Waals surface area contributed by atoms with Gasteiger partial charge >= 0.3 is 0 Å². The van der Waals surface area contributed by atoms with Crippen LogP contribution in [-0.2, 0) is 4.79 Å². The zero-order chi connectivity index (χ0) is 14.6.